The summed E-state index contributed by atoms with van der Waals surface area (Å²) in [6.45, 7) is 0. The van der Waals surface area contributed by atoms with Crippen LogP contribution in [0.4, 0.5) is 0 Å². The fourth-order valence-corrected chi connectivity index (χ4v) is 4.19. The maximum atomic E-state index is 12.8. The number of hydrogen-bond acceptors (Lipinski definition) is 1. The Morgan fingerprint density at radius 2 is 1.09 bits per heavy atom. The molecule has 1 nitrogen and oxygen atoms in total. The topological polar surface area (TPSA) is 17.1 Å². The first-order valence-corrected chi connectivity index (χ1v) is 8.00. The molecule has 0 saturated carbocycles. The summed E-state index contributed by atoms with van der Waals surface area (Å²) in [5.41, 5.74) is 4.67. The van der Waals surface area contributed by atoms with Crippen LogP contribution in [0.3, 0.4) is 0 Å². The quantitative estimate of drug-likeness (QED) is 0.570. The SMILES string of the molecule is O=C1c2ccccc2C(Br)(c2ccccc2)c2ccccc21. The highest BCUT2D eigenvalue weighted by Crippen LogP contribution is 2.50. The summed E-state index contributed by atoms with van der Waals surface area (Å²) in [5.74, 6) is 0.0946. The van der Waals surface area contributed by atoms with E-state index in [0.29, 0.717) is 0 Å². The van der Waals surface area contributed by atoms with Crippen LogP contribution in [0.25, 0.3) is 0 Å². The Labute approximate surface area is 137 Å². The zero-order chi connectivity index (χ0) is 15.2. The zero-order valence-corrected chi connectivity index (χ0v) is 13.4. The molecule has 0 aliphatic heterocycles. The minimum atomic E-state index is -0.491. The van der Waals surface area contributed by atoms with E-state index in [1.54, 1.807) is 0 Å². The maximum Gasteiger partial charge on any atom is 0.193 e. The van der Waals surface area contributed by atoms with Gasteiger partial charge < -0.3 is 0 Å². The van der Waals surface area contributed by atoms with Crippen molar-refractivity contribution in [3.05, 3.63) is 107 Å². The zero-order valence-electron chi connectivity index (χ0n) is 11.8. The number of halogens is 1. The number of hydrogen-bond donors (Lipinski definition) is 0. The summed E-state index contributed by atoms with van der Waals surface area (Å²) in [5, 5.41) is 0. The standard InChI is InChI=1S/C20H13BrO/c21-20(14-8-2-1-3-9-14)17-12-6-4-10-15(17)19(22)16-11-5-7-13-18(16)20/h1-13H. The summed E-state index contributed by atoms with van der Waals surface area (Å²) in [6, 6.07) is 25.9. The van der Waals surface area contributed by atoms with Gasteiger partial charge in [0.2, 0.25) is 0 Å². The molecular formula is C20H13BrO. The third-order valence-corrected chi connectivity index (χ3v) is 5.57. The van der Waals surface area contributed by atoms with E-state index < -0.39 is 4.32 Å². The molecule has 0 aromatic heterocycles. The lowest BCUT2D eigenvalue weighted by Gasteiger charge is -2.36. The average molecular weight is 349 g/mol. The van der Waals surface area contributed by atoms with Crippen molar-refractivity contribution in [2.75, 3.05) is 0 Å². The third kappa shape index (κ3) is 1.74. The molecule has 1 aliphatic carbocycles. The Balaban J connectivity index is 2.12. The van der Waals surface area contributed by atoms with Crippen LogP contribution in [-0.2, 0) is 4.32 Å². The molecule has 3 aromatic carbocycles. The predicted molar refractivity (Wildman–Crippen MR) is 91.6 cm³/mol. The summed E-state index contributed by atoms with van der Waals surface area (Å²) < 4.78 is -0.491. The summed E-state index contributed by atoms with van der Waals surface area (Å²) >= 11 is 3.98. The van der Waals surface area contributed by atoms with Gasteiger partial charge in [0, 0.05) is 11.1 Å². The number of benzene rings is 3. The molecule has 0 saturated heterocycles. The molecule has 0 spiro atoms. The van der Waals surface area contributed by atoms with Gasteiger partial charge in [-0.25, -0.2) is 0 Å². The summed E-state index contributed by atoms with van der Waals surface area (Å²) in [4.78, 5) is 12.8. The Bertz CT molecular complexity index is 818. The van der Waals surface area contributed by atoms with Gasteiger partial charge in [0.15, 0.2) is 5.78 Å². The molecule has 0 radical (unpaired) electrons. The molecule has 3 aromatic rings. The number of rotatable bonds is 1. The van der Waals surface area contributed by atoms with Crippen molar-refractivity contribution < 1.29 is 4.79 Å². The monoisotopic (exact) mass is 348 g/mol. The first-order valence-electron chi connectivity index (χ1n) is 7.21. The summed E-state index contributed by atoms with van der Waals surface area (Å²) in [7, 11) is 0. The Morgan fingerprint density at radius 1 is 0.636 bits per heavy atom. The Hall–Kier alpha value is -2.19. The van der Waals surface area contributed by atoms with Gasteiger partial charge in [-0.1, -0.05) is 94.8 Å². The minimum Gasteiger partial charge on any atom is -0.289 e. The lowest BCUT2D eigenvalue weighted by molar-refractivity contribution is 0.103. The van der Waals surface area contributed by atoms with E-state index in [-0.39, 0.29) is 5.78 Å². The van der Waals surface area contributed by atoms with Crippen LogP contribution in [0.15, 0.2) is 78.9 Å². The van der Waals surface area contributed by atoms with Crippen LogP contribution < -0.4 is 0 Å². The van der Waals surface area contributed by atoms with Gasteiger partial charge >= 0.3 is 0 Å². The van der Waals surface area contributed by atoms with Crippen molar-refractivity contribution in [3.63, 3.8) is 0 Å². The van der Waals surface area contributed by atoms with E-state index >= 15 is 0 Å². The van der Waals surface area contributed by atoms with Crippen LogP contribution in [-0.4, -0.2) is 5.78 Å². The lowest BCUT2D eigenvalue weighted by Crippen LogP contribution is -2.31. The van der Waals surface area contributed by atoms with E-state index in [9.17, 15) is 4.79 Å². The molecule has 4 rings (SSSR count). The highest BCUT2D eigenvalue weighted by Gasteiger charge is 2.42. The Morgan fingerprint density at radius 3 is 1.64 bits per heavy atom. The number of fused-ring (bicyclic) bond motifs is 2. The molecule has 0 heterocycles. The molecular weight excluding hydrogens is 336 g/mol. The van der Waals surface area contributed by atoms with E-state index in [0.717, 1.165) is 27.8 Å². The van der Waals surface area contributed by atoms with Crippen LogP contribution in [0.2, 0.25) is 0 Å². The van der Waals surface area contributed by atoms with Crippen LogP contribution in [0, 0.1) is 0 Å². The van der Waals surface area contributed by atoms with E-state index in [1.807, 2.05) is 66.7 Å². The van der Waals surface area contributed by atoms with Gasteiger partial charge in [0.1, 0.15) is 4.32 Å². The smallest absolute Gasteiger partial charge is 0.193 e. The second-order valence-corrected chi connectivity index (χ2v) is 6.63. The van der Waals surface area contributed by atoms with Gasteiger partial charge in [-0.05, 0) is 16.7 Å². The molecule has 0 bridgehead atoms. The number of carbonyl (C=O) groups excluding carboxylic acids is 1. The highest BCUT2D eigenvalue weighted by molar-refractivity contribution is 9.10. The molecule has 0 atom stereocenters. The van der Waals surface area contributed by atoms with Gasteiger partial charge in [-0.3, -0.25) is 4.79 Å². The predicted octanol–water partition coefficient (Wildman–Crippen LogP) is 4.92. The fourth-order valence-electron chi connectivity index (χ4n) is 3.23. The first kappa shape index (κ1) is 13.5. The number of ketones is 1. The van der Waals surface area contributed by atoms with E-state index in [1.165, 1.54) is 0 Å². The minimum absolute atomic E-state index is 0.0946. The van der Waals surface area contributed by atoms with Gasteiger partial charge in [-0.15, -0.1) is 0 Å². The molecule has 0 fully saturated rings. The maximum absolute atomic E-state index is 12.8. The average Bonchev–Trinajstić information content (AvgIpc) is 2.60. The lowest BCUT2D eigenvalue weighted by atomic mass is 9.74. The molecule has 106 valence electrons. The van der Waals surface area contributed by atoms with Crippen LogP contribution in [0.5, 0.6) is 0 Å². The molecule has 0 N–H and O–H groups in total. The molecule has 22 heavy (non-hydrogen) atoms. The molecule has 0 amide bonds. The number of alkyl halides is 1. The van der Waals surface area contributed by atoms with Gasteiger partial charge in [-0.2, -0.15) is 0 Å². The third-order valence-electron chi connectivity index (χ3n) is 4.26. The Kier molecular flexibility index (Phi) is 3.02. The van der Waals surface area contributed by atoms with E-state index in [2.05, 4.69) is 28.1 Å². The van der Waals surface area contributed by atoms with Crippen molar-refractivity contribution in [3.8, 4) is 0 Å². The van der Waals surface area contributed by atoms with Gasteiger partial charge in [0.25, 0.3) is 0 Å². The molecule has 1 aliphatic rings. The molecule has 0 unspecified atom stereocenters. The second kappa shape index (κ2) is 4.92. The van der Waals surface area contributed by atoms with Crippen LogP contribution >= 0.6 is 15.9 Å². The highest BCUT2D eigenvalue weighted by atomic mass is 79.9. The van der Waals surface area contributed by atoms with E-state index in [4.69, 9.17) is 0 Å². The van der Waals surface area contributed by atoms with Crippen molar-refractivity contribution in [1.82, 2.24) is 0 Å². The van der Waals surface area contributed by atoms with Crippen molar-refractivity contribution in [1.29, 1.82) is 0 Å². The fraction of sp³-hybridized carbons (Fsp3) is 0.0500. The summed E-state index contributed by atoms with van der Waals surface area (Å²) in [6.07, 6.45) is 0. The largest absolute Gasteiger partial charge is 0.289 e. The van der Waals surface area contributed by atoms with Crippen molar-refractivity contribution in [2.45, 2.75) is 4.32 Å². The normalized spacial score (nSPS) is 15.0. The van der Waals surface area contributed by atoms with Crippen molar-refractivity contribution >= 4 is 21.7 Å². The number of carbonyl (C=O) groups is 1. The first-order chi connectivity index (χ1) is 10.7. The van der Waals surface area contributed by atoms with Crippen molar-refractivity contribution in [2.24, 2.45) is 0 Å². The second-order valence-electron chi connectivity index (χ2n) is 5.44. The molecule has 2 heteroatoms. The van der Waals surface area contributed by atoms with Gasteiger partial charge in [0.05, 0.1) is 0 Å². The van der Waals surface area contributed by atoms with Crippen LogP contribution in [0.1, 0.15) is 32.6 Å².